The number of benzene rings is 1. The molecule has 8 heteroatoms. The molecule has 0 radical (unpaired) electrons. The lowest BCUT2D eigenvalue weighted by molar-refractivity contribution is 0.173. The minimum Gasteiger partial charge on any atom is -0.486 e. The zero-order chi connectivity index (χ0) is 16.3. The average Bonchev–Trinajstić information content (AvgIpc) is 3.14. The monoisotopic (exact) mass is 346 g/mol. The van der Waals surface area contributed by atoms with Gasteiger partial charge in [0.05, 0.1) is 16.8 Å². The second-order valence-electron chi connectivity index (χ2n) is 6.48. The summed E-state index contributed by atoms with van der Waals surface area (Å²) in [6.07, 6.45) is 0.952. The molecule has 0 bridgehead atoms. The molecule has 0 spiro atoms. The number of nitrogens with zero attached hydrogens (tertiary/aromatic N) is 3. The van der Waals surface area contributed by atoms with Gasteiger partial charge in [-0.25, -0.2) is 9.78 Å². The number of ether oxygens (including phenoxy) is 2. The van der Waals surface area contributed by atoms with Crippen LogP contribution in [-0.2, 0) is 0 Å². The van der Waals surface area contributed by atoms with E-state index in [2.05, 4.69) is 17.3 Å². The maximum absolute atomic E-state index is 12.5. The zero-order valence-corrected chi connectivity index (χ0v) is 14.1. The third-order valence-electron chi connectivity index (χ3n) is 4.90. The topological polar surface area (TPSA) is 66.9 Å². The van der Waals surface area contributed by atoms with Crippen molar-refractivity contribution in [2.24, 2.45) is 0 Å². The fourth-order valence-corrected chi connectivity index (χ4v) is 4.77. The summed E-state index contributed by atoms with van der Waals surface area (Å²) in [6, 6.07) is 4.19. The Kier molecular flexibility index (Phi) is 3.11. The van der Waals surface area contributed by atoms with Gasteiger partial charge in [0.15, 0.2) is 16.6 Å². The average molecular weight is 346 g/mol. The Morgan fingerprint density at radius 3 is 3.12 bits per heavy atom. The lowest BCUT2D eigenvalue weighted by Crippen LogP contribution is -2.49. The molecule has 2 saturated heterocycles. The Hall–Kier alpha value is -2.06. The molecule has 1 aromatic carbocycles. The number of carbonyl (C=O) groups excluding carboxylic acids is 1. The molecular weight excluding hydrogens is 328 g/mol. The summed E-state index contributed by atoms with van der Waals surface area (Å²) in [5, 5.41) is 3.84. The fourth-order valence-electron chi connectivity index (χ4n) is 3.75. The minimum absolute atomic E-state index is 0.0506. The quantitative estimate of drug-likeness (QED) is 0.851. The van der Waals surface area contributed by atoms with Crippen molar-refractivity contribution in [3.63, 3.8) is 0 Å². The van der Waals surface area contributed by atoms with Crippen LogP contribution in [0.4, 0.5) is 9.93 Å². The maximum Gasteiger partial charge on any atom is 0.324 e. The Labute approximate surface area is 143 Å². The Bertz CT molecular complexity index is 823. The van der Waals surface area contributed by atoms with E-state index in [-0.39, 0.29) is 18.1 Å². The Morgan fingerprint density at radius 1 is 1.33 bits per heavy atom. The van der Waals surface area contributed by atoms with Gasteiger partial charge in [0, 0.05) is 6.54 Å². The summed E-state index contributed by atoms with van der Waals surface area (Å²) in [5.41, 5.74) is 0.788. The molecule has 0 aliphatic carbocycles. The largest absolute Gasteiger partial charge is 0.486 e. The molecular formula is C16H18N4O3S. The summed E-state index contributed by atoms with van der Waals surface area (Å²) in [6.45, 7) is 2.95. The molecule has 1 aromatic heterocycles. The van der Waals surface area contributed by atoms with Gasteiger partial charge in [-0.15, -0.1) is 0 Å². The van der Waals surface area contributed by atoms with Crippen molar-refractivity contribution in [1.29, 1.82) is 0 Å². The van der Waals surface area contributed by atoms with Gasteiger partial charge < -0.3 is 19.7 Å². The number of urea groups is 1. The molecule has 0 unspecified atom stereocenters. The molecule has 2 fully saturated rings. The van der Waals surface area contributed by atoms with Crippen LogP contribution in [0, 0.1) is 0 Å². The second kappa shape index (κ2) is 5.22. The fraction of sp³-hybridized carbons (Fsp3) is 0.500. The number of rotatable bonds is 1. The van der Waals surface area contributed by atoms with Gasteiger partial charge in [-0.1, -0.05) is 11.3 Å². The summed E-state index contributed by atoms with van der Waals surface area (Å²) >= 11 is 1.53. The van der Waals surface area contributed by atoms with Crippen LogP contribution in [0.5, 0.6) is 11.5 Å². The number of nitrogens with one attached hydrogen (secondary N) is 1. The molecule has 3 aliphatic rings. The van der Waals surface area contributed by atoms with E-state index in [4.69, 9.17) is 14.5 Å². The maximum atomic E-state index is 12.5. The molecule has 0 saturated carbocycles. The third kappa shape index (κ3) is 2.06. The highest BCUT2D eigenvalue weighted by atomic mass is 32.1. The normalized spacial score (nSPS) is 26.5. The summed E-state index contributed by atoms with van der Waals surface area (Å²) in [7, 11) is 2.09. The van der Waals surface area contributed by atoms with Crippen LogP contribution in [0.2, 0.25) is 0 Å². The highest BCUT2D eigenvalue weighted by Gasteiger charge is 2.44. The van der Waals surface area contributed by atoms with Crippen LogP contribution >= 0.6 is 11.3 Å². The molecule has 4 heterocycles. The number of likely N-dealkylation sites (tertiary alicyclic amines) is 1. The van der Waals surface area contributed by atoms with Crippen molar-refractivity contribution >= 4 is 32.7 Å². The molecule has 1 N–H and O–H groups in total. The van der Waals surface area contributed by atoms with E-state index in [0.717, 1.165) is 40.6 Å². The first-order valence-corrected chi connectivity index (χ1v) is 9.00. The van der Waals surface area contributed by atoms with Gasteiger partial charge in [0.1, 0.15) is 18.7 Å². The van der Waals surface area contributed by atoms with E-state index < -0.39 is 0 Å². The van der Waals surface area contributed by atoms with Crippen molar-refractivity contribution in [1.82, 2.24) is 15.2 Å². The Morgan fingerprint density at radius 2 is 2.21 bits per heavy atom. The van der Waals surface area contributed by atoms with Gasteiger partial charge >= 0.3 is 6.03 Å². The lowest BCUT2D eigenvalue weighted by atomic mass is 10.0. The van der Waals surface area contributed by atoms with Crippen molar-refractivity contribution < 1.29 is 14.3 Å². The minimum atomic E-state index is -0.0506. The van der Waals surface area contributed by atoms with Gasteiger partial charge in [-0.05, 0) is 32.1 Å². The number of piperidine rings is 1. The van der Waals surface area contributed by atoms with Gasteiger partial charge in [-0.2, -0.15) is 0 Å². The van der Waals surface area contributed by atoms with E-state index in [0.29, 0.717) is 19.0 Å². The van der Waals surface area contributed by atoms with Gasteiger partial charge in [-0.3, -0.25) is 4.90 Å². The van der Waals surface area contributed by atoms with Gasteiger partial charge in [0.2, 0.25) is 0 Å². The number of likely N-dealkylation sites (N-methyl/N-ethyl adjacent to an activating group) is 1. The number of hydrogen-bond acceptors (Lipinski definition) is 6. The van der Waals surface area contributed by atoms with Crippen LogP contribution in [0.3, 0.4) is 0 Å². The Balaban J connectivity index is 1.56. The number of amides is 2. The van der Waals surface area contributed by atoms with Crippen LogP contribution in [0.25, 0.3) is 10.2 Å². The molecule has 7 nitrogen and oxygen atoms in total. The molecule has 24 heavy (non-hydrogen) atoms. The van der Waals surface area contributed by atoms with E-state index in [1.165, 1.54) is 11.3 Å². The predicted octanol–water partition coefficient (Wildman–Crippen LogP) is 1.67. The highest BCUT2D eigenvalue weighted by Crippen LogP contribution is 2.42. The lowest BCUT2D eigenvalue weighted by Gasteiger charge is -2.33. The van der Waals surface area contributed by atoms with Crippen LogP contribution in [0.1, 0.15) is 6.42 Å². The summed E-state index contributed by atoms with van der Waals surface area (Å²) in [5.74, 6) is 1.43. The van der Waals surface area contributed by atoms with Crippen molar-refractivity contribution in [2.45, 2.75) is 18.5 Å². The van der Waals surface area contributed by atoms with Crippen molar-refractivity contribution in [3.8, 4) is 11.5 Å². The summed E-state index contributed by atoms with van der Waals surface area (Å²) in [4.78, 5) is 21.3. The molecule has 2 aromatic rings. The number of aromatic nitrogens is 1. The SMILES string of the molecule is CN1CC[C@@H]2[C@H](C1)NC(=O)N2c1nc2c3c(ccc2s1)OCCO3. The molecule has 2 atom stereocenters. The van der Waals surface area contributed by atoms with Crippen molar-refractivity contribution in [2.75, 3.05) is 38.3 Å². The number of carbonyl (C=O) groups is 1. The van der Waals surface area contributed by atoms with Crippen LogP contribution < -0.4 is 19.7 Å². The number of thiazole rings is 1. The second-order valence-corrected chi connectivity index (χ2v) is 7.49. The summed E-state index contributed by atoms with van der Waals surface area (Å²) < 4.78 is 12.4. The zero-order valence-electron chi connectivity index (χ0n) is 13.3. The van der Waals surface area contributed by atoms with E-state index in [9.17, 15) is 4.79 Å². The highest BCUT2D eigenvalue weighted by molar-refractivity contribution is 7.22. The molecule has 5 rings (SSSR count). The van der Waals surface area contributed by atoms with Crippen molar-refractivity contribution in [3.05, 3.63) is 12.1 Å². The first-order valence-electron chi connectivity index (χ1n) is 8.18. The standard InChI is InChI=1S/C16H18N4O3S/c1-19-5-4-10-9(8-19)17-15(21)20(10)16-18-13-12(24-16)3-2-11-14(13)23-7-6-22-11/h2-3,9-10H,4-8H2,1H3,(H,17,21)/t9-,10+/m0/s1. The molecule has 3 aliphatic heterocycles. The van der Waals surface area contributed by atoms with Crippen LogP contribution in [0.15, 0.2) is 12.1 Å². The van der Waals surface area contributed by atoms with Gasteiger partial charge in [0.25, 0.3) is 0 Å². The third-order valence-corrected chi connectivity index (χ3v) is 5.92. The molecule has 2 amide bonds. The molecule has 126 valence electrons. The van der Waals surface area contributed by atoms with Crippen LogP contribution in [-0.4, -0.2) is 61.3 Å². The first kappa shape index (κ1) is 14.3. The number of anilines is 1. The van der Waals surface area contributed by atoms with E-state index >= 15 is 0 Å². The van der Waals surface area contributed by atoms with E-state index in [1.807, 2.05) is 17.0 Å². The number of fused-ring (bicyclic) bond motifs is 4. The van der Waals surface area contributed by atoms with E-state index in [1.54, 1.807) is 0 Å². The predicted molar refractivity (Wildman–Crippen MR) is 91.3 cm³/mol. The first-order chi connectivity index (χ1) is 11.7. The smallest absolute Gasteiger partial charge is 0.324 e. The number of hydrogen-bond donors (Lipinski definition) is 1.